The zero-order valence-electron chi connectivity index (χ0n) is 56.9. The molecule has 0 atom stereocenters. The van der Waals surface area contributed by atoms with E-state index in [4.69, 9.17) is 29.6 Å². The summed E-state index contributed by atoms with van der Waals surface area (Å²) in [6, 6.07) is 85.1. The van der Waals surface area contributed by atoms with Crippen molar-refractivity contribution >= 4 is 106 Å². The predicted octanol–water partition coefficient (Wildman–Crippen LogP) is 10.2. The molecule has 0 aliphatic carbocycles. The summed E-state index contributed by atoms with van der Waals surface area (Å²) in [5.74, 6) is -0.211. The Hall–Kier alpha value is -8.54. The summed E-state index contributed by atoms with van der Waals surface area (Å²) in [5, 5.41) is 50.5. The molecule has 0 unspecified atom stereocenters. The molecular formula is C76H63BK2N8O15Pd2S2-. The van der Waals surface area contributed by atoms with Gasteiger partial charge in [-0.15, -0.1) is 16.9 Å². The van der Waals surface area contributed by atoms with Crippen molar-refractivity contribution in [2.24, 2.45) is 0 Å². The largest absolute Gasteiger partial charge is 2.00 e. The summed E-state index contributed by atoms with van der Waals surface area (Å²) in [6.07, 6.45) is 10.3. The maximum absolute atomic E-state index is 12.7. The fraction of sp³-hybridized carbons (Fsp3) is 0.0263. The van der Waals surface area contributed by atoms with Crippen LogP contribution in [0.3, 0.4) is 0 Å². The number of rotatable bonds is 13. The van der Waals surface area contributed by atoms with Gasteiger partial charge in [0.25, 0.3) is 23.8 Å². The summed E-state index contributed by atoms with van der Waals surface area (Å²) in [5.41, 5.74) is 6.29. The van der Waals surface area contributed by atoms with Crippen molar-refractivity contribution in [2.45, 2.75) is 24.1 Å². The van der Waals surface area contributed by atoms with E-state index in [1.165, 1.54) is 35.4 Å². The Morgan fingerprint density at radius 1 is 0.491 bits per heavy atom. The van der Waals surface area contributed by atoms with Crippen molar-refractivity contribution in [1.29, 1.82) is 0 Å². The number of fused-ring (bicyclic) bond motifs is 6. The summed E-state index contributed by atoms with van der Waals surface area (Å²) >= 11 is 0. The molecule has 30 heteroatoms. The van der Waals surface area contributed by atoms with Gasteiger partial charge in [-0.1, -0.05) is 165 Å². The summed E-state index contributed by atoms with van der Waals surface area (Å²) in [7, 11) is -7.40. The van der Waals surface area contributed by atoms with Gasteiger partial charge in [-0.05, 0) is 111 Å². The molecule has 0 fully saturated rings. The molecule has 14 aromatic rings. The number of pyridine rings is 4. The Balaban J connectivity index is 0.000000662. The summed E-state index contributed by atoms with van der Waals surface area (Å²) in [6.45, 7) is 0.903. The number of carboxylic acids is 1. The fourth-order valence-corrected chi connectivity index (χ4v) is 11.0. The fourth-order valence-electron chi connectivity index (χ4n) is 9.04. The molecule has 0 aliphatic rings. The molecule has 535 valence electrons. The second-order valence-electron chi connectivity index (χ2n) is 20.2. The van der Waals surface area contributed by atoms with Crippen molar-refractivity contribution in [2.75, 3.05) is 0 Å². The molecular weight excluding hydrogens is 1630 g/mol. The smallest absolute Gasteiger partial charge is 1.00 e. The van der Waals surface area contributed by atoms with Crippen LogP contribution in [0.25, 0.3) is 75.0 Å². The summed E-state index contributed by atoms with van der Waals surface area (Å²) < 4.78 is 63.6. The number of nitrogens with zero attached hydrogens (tertiary/aromatic N) is 8. The molecule has 106 heavy (non-hydrogen) atoms. The van der Waals surface area contributed by atoms with Gasteiger partial charge in [-0.25, -0.2) is 16.8 Å². The van der Waals surface area contributed by atoms with E-state index in [9.17, 15) is 37.1 Å². The number of nitro benzene ring substituents is 2. The van der Waals surface area contributed by atoms with Gasteiger partial charge in [-0.3, -0.25) is 49.8 Å². The topological polar surface area (TPSA) is 350 Å². The van der Waals surface area contributed by atoms with E-state index in [0.29, 0.717) is 35.2 Å². The number of hydrogen-bond donors (Lipinski definition) is 2. The van der Waals surface area contributed by atoms with Crippen molar-refractivity contribution < 1.29 is 206 Å². The third kappa shape index (κ3) is 30.4. The van der Waals surface area contributed by atoms with Gasteiger partial charge in [-0.2, -0.15) is 30.3 Å². The third-order valence-corrected chi connectivity index (χ3v) is 16.1. The first kappa shape index (κ1) is 93.5. The van der Waals surface area contributed by atoms with Gasteiger partial charge in [0.05, 0.1) is 30.7 Å². The Kier molecular flexibility index (Phi) is 44.2. The van der Waals surface area contributed by atoms with Crippen LogP contribution in [0.2, 0.25) is 0 Å². The minimum Gasteiger partial charge on any atom is -1.00 e. The van der Waals surface area contributed by atoms with E-state index in [2.05, 4.69) is 64.6 Å². The molecule has 0 spiro atoms. The normalized spacial score (nSPS) is 9.69. The van der Waals surface area contributed by atoms with Crippen molar-refractivity contribution in [3.05, 3.63) is 352 Å². The van der Waals surface area contributed by atoms with E-state index in [-0.39, 0.29) is 191 Å². The number of nitro groups is 2. The first-order valence-corrected chi connectivity index (χ1v) is 32.7. The molecule has 23 nitrogen and oxygen atoms in total. The van der Waals surface area contributed by atoms with Crippen LogP contribution >= 0.6 is 0 Å². The van der Waals surface area contributed by atoms with Crippen LogP contribution in [-0.2, 0) is 75.4 Å². The van der Waals surface area contributed by atoms with Crippen LogP contribution in [0, 0.1) is 26.3 Å². The first-order chi connectivity index (χ1) is 48.9. The summed E-state index contributed by atoms with van der Waals surface area (Å²) in [4.78, 5) is 56.7. The van der Waals surface area contributed by atoms with E-state index in [0.717, 1.165) is 63.9 Å². The number of benzene rings is 10. The van der Waals surface area contributed by atoms with E-state index in [1.807, 2.05) is 182 Å². The Labute approximate surface area is 727 Å². The molecule has 10 aromatic carbocycles. The van der Waals surface area contributed by atoms with Crippen molar-refractivity contribution in [3.8, 4) is 28.0 Å². The Bertz CT molecular complexity index is 4860. The molecule has 4 aromatic heterocycles. The molecule has 14 rings (SSSR count). The van der Waals surface area contributed by atoms with Crippen LogP contribution in [0.15, 0.2) is 326 Å². The molecule has 2 N–H and O–H groups in total. The SMILES string of the molecule is C.CC(=O)O.O=CO[O-].O=[N+]([O-])c1ccc(S(=O)(=O)[N-]c2cccc3ccc4cccnc4c23)cc1.O=[N+]([O-])c1ccc(S(=O)(=O)[N-]c2cccc3ccc4cccnc4c23)cc1.O[B]Oc1ccc(-c2ccccc2)cc1.[H-].[K+].[K+].[Pd+2].[Pd].[c-]1ccc(-c2ccccc2)cc1.c1ccncc1.c1ccncc1. The first-order valence-electron chi connectivity index (χ1n) is 29.8. The van der Waals surface area contributed by atoms with Gasteiger partial charge in [0.1, 0.15) is 25.8 Å². The average Bonchev–Trinajstić information content (AvgIpc) is 0.775. The van der Waals surface area contributed by atoms with Crippen LogP contribution in [0.1, 0.15) is 15.8 Å². The zero-order valence-corrected chi connectivity index (χ0v) is 66.9. The van der Waals surface area contributed by atoms with Crippen LogP contribution in [0.4, 0.5) is 22.7 Å². The molecule has 1 radical (unpaired) electrons. The second-order valence-corrected chi connectivity index (χ2v) is 23.4. The average molecular weight is 1690 g/mol. The second kappa shape index (κ2) is 50.1. The predicted molar refractivity (Wildman–Crippen MR) is 393 cm³/mol. The number of non-ortho nitro benzene ring substituents is 2. The zero-order chi connectivity index (χ0) is 72.2. The third-order valence-electron chi connectivity index (χ3n) is 13.5. The van der Waals surface area contributed by atoms with Gasteiger partial charge >= 0.3 is 131 Å². The molecule has 0 saturated heterocycles. The maximum Gasteiger partial charge on any atom is 2.00 e. The van der Waals surface area contributed by atoms with E-state index in [1.54, 1.807) is 61.4 Å². The van der Waals surface area contributed by atoms with E-state index < -0.39 is 35.9 Å². The molecule has 0 bridgehead atoms. The molecule has 0 amide bonds. The minimum atomic E-state index is -4.04. The molecule has 0 aliphatic heterocycles. The van der Waals surface area contributed by atoms with Crippen molar-refractivity contribution in [1.82, 2.24) is 19.9 Å². The maximum atomic E-state index is 12.7. The van der Waals surface area contributed by atoms with E-state index >= 15 is 0 Å². The van der Waals surface area contributed by atoms with Gasteiger partial charge in [0.2, 0.25) is 0 Å². The Morgan fingerprint density at radius 2 is 0.821 bits per heavy atom. The van der Waals surface area contributed by atoms with Gasteiger partial charge in [0, 0.05) is 99.6 Å². The van der Waals surface area contributed by atoms with Gasteiger partial charge < -0.3 is 35.8 Å². The minimum absolute atomic E-state index is 0. The van der Waals surface area contributed by atoms with Crippen LogP contribution in [0.5, 0.6) is 5.75 Å². The van der Waals surface area contributed by atoms with Gasteiger partial charge in [0.15, 0.2) is 0 Å². The number of sulfonamides is 2. The number of hydrogen-bond acceptors (Lipinski definition) is 18. The monoisotopic (exact) mass is 1690 g/mol. The van der Waals surface area contributed by atoms with Crippen LogP contribution < -0.4 is 113 Å². The number of carbonyl (C=O) groups is 2. The Morgan fingerprint density at radius 3 is 1.14 bits per heavy atom. The number of carbonyl (C=O) groups excluding carboxylic acids is 1. The molecule has 0 saturated carbocycles. The quantitative estimate of drug-likeness (QED) is 0.0206. The number of carboxylic acid groups (broad SMARTS) is 1. The number of aromatic nitrogens is 4. The molecule has 4 heterocycles. The standard InChI is InChI=1S/2C19H12N3O4S.C12H10BO2.C12H9.2C5H5N.C2H4O2.CH2O3.CH4.2K.2Pd.H/c2*23-22(24)15-8-10-16(11-9-15)27(25,26)21-17-5-1-3-13-6-7-14-4-2-12-20-19(14)18(13)17;14-13-15-12-8-6-11(7-9-12)10-4-2-1-3-5-10;1-3-7-11(8-4-1)12-9-5-2-6-10-12;2*1-2-4-6-5-3-1;1-2(3)4;2-1-4-3;;;;;;/h2*1-12H;1-9,14H;1,3-10H;2*1-5H;1H3,(H,3,4);1,3H;1H4;;;;;/q2*-1;;-1;;;;;;2*+1;;+2;-1/p-1. The number of aliphatic carboxylic acids is 1. The van der Waals surface area contributed by atoms with Crippen LogP contribution in [-0.4, -0.2) is 76.9 Å². The van der Waals surface area contributed by atoms with Crippen molar-refractivity contribution in [3.63, 3.8) is 0 Å².